The van der Waals surface area contributed by atoms with Gasteiger partial charge in [-0.05, 0) is 24.3 Å². The number of ether oxygens (including phenoxy) is 1. The minimum Gasteiger partial charge on any atom is -0.494 e. The number of pyridine rings is 1. The third-order valence-corrected chi connectivity index (χ3v) is 6.04. The molecule has 0 fully saturated rings. The minimum atomic E-state index is -3.46. The molecule has 196 valence electrons. The summed E-state index contributed by atoms with van der Waals surface area (Å²) in [6.45, 7) is -0.567. The first kappa shape index (κ1) is 27.9. The van der Waals surface area contributed by atoms with Crippen LogP contribution in [0, 0.1) is 0 Å². The summed E-state index contributed by atoms with van der Waals surface area (Å²) in [5.41, 5.74) is 3.03. The molecule has 4 rings (SSSR count). The van der Waals surface area contributed by atoms with Gasteiger partial charge >= 0.3 is 0 Å². The third-order valence-electron chi connectivity index (χ3n) is 5.43. The van der Waals surface area contributed by atoms with Crippen molar-refractivity contribution < 1.29 is 28.2 Å². The molecule has 0 aliphatic carbocycles. The zero-order valence-electron chi connectivity index (χ0n) is 20.1. The smallest absolute Gasteiger partial charge is 0.253 e. The maximum Gasteiger partial charge on any atom is 0.253 e. The number of hydrogen-bond donors (Lipinski definition) is 5. The minimum absolute atomic E-state index is 0. The highest BCUT2D eigenvalue weighted by atomic mass is 35.5. The number of amides is 1. The molecule has 1 aromatic heterocycles. The number of halogens is 1. The largest absolute Gasteiger partial charge is 0.494 e. The number of sulfonamides is 1. The van der Waals surface area contributed by atoms with Gasteiger partial charge < -0.3 is 25.6 Å². The first-order valence-corrected chi connectivity index (χ1v) is 12.9. The third kappa shape index (κ3) is 6.38. The van der Waals surface area contributed by atoms with Gasteiger partial charge in [0.25, 0.3) is 5.91 Å². The van der Waals surface area contributed by atoms with Gasteiger partial charge in [-0.2, -0.15) is 0 Å². The number of methoxy groups -OCH3 is 1. The molecule has 1 atom stereocenters. The highest BCUT2D eigenvalue weighted by Crippen LogP contribution is 2.37. The number of aromatic nitrogens is 1. The van der Waals surface area contributed by atoms with E-state index in [9.17, 15) is 18.3 Å². The second kappa shape index (κ2) is 11.6. The molecule has 0 saturated heterocycles. The molecule has 12 heteroatoms. The van der Waals surface area contributed by atoms with Crippen LogP contribution < -0.4 is 20.1 Å². The number of anilines is 3. The van der Waals surface area contributed by atoms with E-state index in [0.29, 0.717) is 44.8 Å². The highest BCUT2D eigenvalue weighted by molar-refractivity contribution is 7.92. The number of carbonyl (C=O) groups excluding carboxylic acids is 1. The van der Waals surface area contributed by atoms with Crippen LogP contribution in [0.2, 0.25) is 0 Å². The fraction of sp³-hybridized carbons (Fsp3) is 0.200. The molecule has 37 heavy (non-hydrogen) atoms. The van der Waals surface area contributed by atoms with Gasteiger partial charge in [0.2, 0.25) is 10.0 Å². The first-order valence-electron chi connectivity index (χ1n) is 11.0. The van der Waals surface area contributed by atoms with Crippen LogP contribution in [0.3, 0.4) is 0 Å². The lowest BCUT2D eigenvalue weighted by atomic mass is 10.0. The predicted molar refractivity (Wildman–Crippen MR) is 147 cm³/mol. The van der Waals surface area contributed by atoms with E-state index in [0.717, 1.165) is 11.6 Å². The van der Waals surface area contributed by atoms with Crippen molar-refractivity contribution in [1.29, 1.82) is 0 Å². The maximum absolute atomic E-state index is 12.9. The lowest BCUT2D eigenvalue weighted by Gasteiger charge is -2.18. The summed E-state index contributed by atoms with van der Waals surface area (Å²) in [4.78, 5) is 17.6. The van der Waals surface area contributed by atoms with Crippen molar-refractivity contribution in [3.8, 4) is 5.75 Å². The Morgan fingerprint density at radius 3 is 2.51 bits per heavy atom. The Balaban J connectivity index is 0.00000380. The van der Waals surface area contributed by atoms with Gasteiger partial charge in [0.1, 0.15) is 5.75 Å². The number of aliphatic hydroxyl groups is 2. The predicted octanol–water partition coefficient (Wildman–Crippen LogP) is 3.02. The van der Waals surface area contributed by atoms with Gasteiger partial charge in [-0.3, -0.25) is 9.52 Å². The number of carbonyl (C=O) groups is 1. The van der Waals surface area contributed by atoms with E-state index in [1.807, 2.05) is 30.3 Å². The Morgan fingerprint density at radius 2 is 1.81 bits per heavy atom. The summed E-state index contributed by atoms with van der Waals surface area (Å²) in [6, 6.07) is 17.5. The van der Waals surface area contributed by atoms with Crippen LogP contribution >= 0.6 is 12.4 Å². The highest BCUT2D eigenvalue weighted by Gasteiger charge is 2.18. The van der Waals surface area contributed by atoms with Crippen LogP contribution in [0.25, 0.3) is 21.8 Å². The van der Waals surface area contributed by atoms with Gasteiger partial charge in [-0.25, -0.2) is 13.4 Å². The second-order valence-corrected chi connectivity index (χ2v) is 9.91. The van der Waals surface area contributed by atoms with Gasteiger partial charge in [0, 0.05) is 23.4 Å². The number of benzene rings is 3. The van der Waals surface area contributed by atoms with Crippen LogP contribution in [-0.2, 0) is 10.0 Å². The maximum atomic E-state index is 12.9. The Kier molecular flexibility index (Phi) is 8.77. The molecule has 0 bridgehead atoms. The molecular formula is C25H27ClN4O6S. The van der Waals surface area contributed by atoms with E-state index < -0.39 is 28.6 Å². The normalized spacial score (nSPS) is 12.0. The first-order chi connectivity index (χ1) is 17.2. The number of fused-ring (bicyclic) bond motifs is 2. The van der Waals surface area contributed by atoms with Gasteiger partial charge in [0.05, 0.1) is 59.7 Å². The van der Waals surface area contributed by atoms with Crippen LogP contribution in [0.5, 0.6) is 5.75 Å². The summed E-state index contributed by atoms with van der Waals surface area (Å²) < 4.78 is 31.2. The molecule has 5 N–H and O–H groups in total. The van der Waals surface area contributed by atoms with Crippen LogP contribution in [0.15, 0.2) is 60.7 Å². The molecule has 0 radical (unpaired) electrons. The molecule has 3 aromatic carbocycles. The molecule has 0 aliphatic rings. The number of rotatable bonds is 9. The fourth-order valence-electron chi connectivity index (χ4n) is 3.81. The Labute approximate surface area is 220 Å². The number of aliphatic hydroxyl groups excluding tert-OH is 2. The van der Waals surface area contributed by atoms with E-state index in [1.54, 1.807) is 30.3 Å². The summed E-state index contributed by atoms with van der Waals surface area (Å²) >= 11 is 0. The van der Waals surface area contributed by atoms with Crippen molar-refractivity contribution >= 4 is 67.2 Å². The number of nitrogens with one attached hydrogen (secondary N) is 3. The monoisotopic (exact) mass is 546 g/mol. The van der Waals surface area contributed by atoms with E-state index >= 15 is 0 Å². The van der Waals surface area contributed by atoms with Crippen molar-refractivity contribution in [3.05, 3.63) is 66.2 Å². The Hall–Kier alpha value is -3.64. The number of para-hydroxylation sites is 2. The van der Waals surface area contributed by atoms with Crippen LogP contribution in [-0.4, -0.2) is 62.1 Å². The summed E-state index contributed by atoms with van der Waals surface area (Å²) in [7, 11) is -1.98. The van der Waals surface area contributed by atoms with Crippen molar-refractivity contribution in [2.24, 2.45) is 0 Å². The van der Waals surface area contributed by atoms with E-state index in [1.165, 1.54) is 7.11 Å². The zero-order valence-corrected chi connectivity index (χ0v) is 21.7. The van der Waals surface area contributed by atoms with Crippen molar-refractivity contribution in [1.82, 2.24) is 10.3 Å². The zero-order chi connectivity index (χ0) is 25.9. The average molecular weight is 547 g/mol. The molecule has 1 unspecified atom stereocenters. The lowest BCUT2D eigenvalue weighted by Crippen LogP contribution is -2.34. The SMILES string of the molecule is COc1cc(NS(C)(=O)=O)ccc1Nc1c2ccccc2nc2c(C(=O)NCC(O)CO)cccc12.Cl. The lowest BCUT2D eigenvalue weighted by molar-refractivity contribution is 0.0803. The van der Waals surface area contributed by atoms with E-state index in [-0.39, 0.29) is 19.0 Å². The second-order valence-electron chi connectivity index (χ2n) is 8.17. The number of hydrogen-bond acceptors (Lipinski definition) is 8. The Morgan fingerprint density at radius 1 is 1.08 bits per heavy atom. The van der Waals surface area contributed by atoms with Gasteiger partial charge in [-0.1, -0.05) is 30.3 Å². The van der Waals surface area contributed by atoms with Crippen molar-refractivity contribution in [2.45, 2.75) is 6.10 Å². The average Bonchev–Trinajstić information content (AvgIpc) is 2.86. The molecule has 1 heterocycles. The van der Waals surface area contributed by atoms with Crippen molar-refractivity contribution in [2.75, 3.05) is 36.6 Å². The van der Waals surface area contributed by atoms with E-state index in [4.69, 9.17) is 14.8 Å². The molecule has 0 saturated carbocycles. The molecule has 1 amide bonds. The molecule has 10 nitrogen and oxygen atoms in total. The molecule has 4 aromatic rings. The summed E-state index contributed by atoms with van der Waals surface area (Å²) in [5.74, 6) is -0.0276. The Bertz CT molecular complexity index is 1550. The molecular weight excluding hydrogens is 520 g/mol. The number of nitrogens with zero attached hydrogens (tertiary/aromatic N) is 1. The molecule has 0 spiro atoms. The van der Waals surface area contributed by atoms with Gasteiger partial charge in [-0.15, -0.1) is 12.4 Å². The topological polar surface area (TPSA) is 150 Å². The molecule has 0 aliphatic heterocycles. The van der Waals surface area contributed by atoms with Crippen molar-refractivity contribution in [3.63, 3.8) is 0 Å². The van der Waals surface area contributed by atoms with Crippen LogP contribution in [0.4, 0.5) is 17.1 Å². The standard InChI is InChI=1S/C25H26N4O6S.ClH/c1-35-22-12-15(29-36(2,33)34)10-11-21(22)28-23-17-6-3-4-9-20(17)27-24-18(23)7-5-8-19(24)25(32)26-13-16(31)14-30;/h3-12,16,29-31H,13-14H2,1-2H3,(H,26,32)(H,27,28);1H. The van der Waals surface area contributed by atoms with Crippen LogP contribution in [0.1, 0.15) is 10.4 Å². The van der Waals surface area contributed by atoms with Gasteiger partial charge in [0.15, 0.2) is 0 Å². The quantitative estimate of drug-likeness (QED) is 0.201. The fourth-order valence-corrected chi connectivity index (χ4v) is 4.36. The van der Waals surface area contributed by atoms with E-state index in [2.05, 4.69) is 15.4 Å². The summed E-state index contributed by atoms with van der Waals surface area (Å²) in [6.07, 6.45) is 0.00151. The summed E-state index contributed by atoms with van der Waals surface area (Å²) in [5, 5.41) is 26.1.